The van der Waals surface area contributed by atoms with Crippen LogP contribution in [0.1, 0.15) is 39.2 Å². The number of aliphatic hydroxyl groups excluding tert-OH is 1. The molecule has 0 heterocycles. The topological polar surface area (TPSA) is 35.5 Å². The molecule has 3 heteroatoms. The Morgan fingerprint density at radius 1 is 1.19 bits per heavy atom. The quantitative estimate of drug-likeness (QED) is 0.696. The van der Waals surface area contributed by atoms with E-state index in [9.17, 15) is 5.11 Å². The summed E-state index contributed by atoms with van der Waals surface area (Å²) in [6.07, 6.45) is 3.19. The summed E-state index contributed by atoms with van der Waals surface area (Å²) in [5.74, 6) is 0. The number of benzene rings is 1. The standard InChI is InChI=1S/C18H32N2O/c1-16(2)19-18(3,15-21)12-8-13-20(4)14-11-17-9-6-5-7-10-17/h5-7,9-10,16,19,21H,8,11-15H2,1-4H3. The zero-order valence-electron chi connectivity index (χ0n) is 14.1. The van der Waals surface area contributed by atoms with Crippen LogP contribution in [0.4, 0.5) is 0 Å². The number of nitrogens with zero attached hydrogens (tertiary/aromatic N) is 1. The van der Waals surface area contributed by atoms with E-state index in [1.54, 1.807) is 0 Å². The average molecular weight is 292 g/mol. The van der Waals surface area contributed by atoms with Gasteiger partial charge in [0.2, 0.25) is 0 Å². The summed E-state index contributed by atoms with van der Waals surface area (Å²) in [5, 5.41) is 13.0. The van der Waals surface area contributed by atoms with Crippen LogP contribution < -0.4 is 5.32 Å². The molecule has 0 amide bonds. The molecule has 1 unspecified atom stereocenters. The summed E-state index contributed by atoms with van der Waals surface area (Å²) >= 11 is 0. The van der Waals surface area contributed by atoms with Crippen LogP contribution in [0.2, 0.25) is 0 Å². The van der Waals surface area contributed by atoms with Crippen LogP contribution >= 0.6 is 0 Å². The first-order valence-corrected chi connectivity index (χ1v) is 8.06. The molecule has 0 bridgehead atoms. The fourth-order valence-electron chi connectivity index (χ4n) is 2.71. The highest BCUT2D eigenvalue weighted by Gasteiger charge is 2.23. The largest absolute Gasteiger partial charge is 0.394 e. The van der Waals surface area contributed by atoms with E-state index in [2.05, 4.69) is 68.4 Å². The third-order valence-electron chi connectivity index (χ3n) is 3.88. The SMILES string of the molecule is CC(C)NC(C)(CO)CCCN(C)CCc1ccccc1. The van der Waals surface area contributed by atoms with E-state index >= 15 is 0 Å². The van der Waals surface area contributed by atoms with Gasteiger partial charge in [-0.3, -0.25) is 0 Å². The van der Waals surface area contributed by atoms with Crippen LogP contribution in [-0.2, 0) is 6.42 Å². The van der Waals surface area contributed by atoms with E-state index < -0.39 is 0 Å². The first-order chi connectivity index (χ1) is 9.95. The normalized spacial score (nSPS) is 14.6. The predicted octanol–water partition coefficient (Wildman–Crippen LogP) is 2.69. The van der Waals surface area contributed by atoms with Crippen molar-refractivity contribution in [2.45, 2.75) is 51.6 Å². The zero-order chi connectivity index (χ0) is 15.7. The van der Waals surface area contributed by atoms with Crippen LogP contribution in [-0.4, -0.2) is 48.3 Å². The van der Waals surface area contributed by atoms with Crippen LogP contribution in [0, 0.1) is 0 Å². The lowest BCUT2D eigenvalue weighted by molar-refractivity contribution is 0.150. The molecule has 0 saturated heterocycles. The van der Waals surface area contributed by atoms with Gasteiger partial charge in [-0.1, -0.05) is 44.2 Å². The van der Waals surface area contributed by atoms with E-state index in [0.717, 1.165) is 32.4 Å². The van der Waals surface area contributed by atoms with Crippen molar-refractivity contribution in [3.63, 3.8) is 0 Å². The number of hydrogen-bond acceptors (Lipinski definition) is 3. The Morgan fingerprint density at radius 2 is 1.86 bits per heavy atom. The van der Waals surface area contributed by atoms with Gasteiger partial charge in [-0.15, -0.1) is 0 Å². The molecule has 1 atom stereocenters. The molecule has 0 aliphatic carbocycles. The molecule has 0 radical (unpaired) electrons. The maximum absolute atomic E-state index is 9.58. The van der Waals surface area contributed by atoms with E-state index in [1.165, 1.54) is 5.56 Å². The van der Waals surface area contributed by atoms with Gasteiger partial charge in [0.05, 0.1) is 6.61 Å². The minimum atomic E-state index is -0.158. The van der Waals surface area contributed by atoms with E-state index in [4.69, 9.17) is 0 Å². The summed E-state index contributed by atoms with van der Waals surface area (Å²) < 4.78 is 0. The zero-order valence-corrected chi connectivity index (χ0v) is 14.1. The molecular weight excluding hydrogens is 260 g/mol. The molecule has 3 nitrogen and oxygen atoms in total. The Morgan fingerprint density at radius 3 is 2.43 bits per heavy atom. The first-order valence-electron chi connectivity index (χ1n) is 8.06. The van der Waals surface area contributed by atoms with Crippen molar-refractivity contribution in [2.75, 3.05) is 26.7 Å². The van der Waals surface area contributed by atoms with Gasteiger partial charge in [0.1, 0.15) is 0 Å². The lowest BCUT2D eigenvalue weighted by Crippen LogP contribution is -2.49. The second-order valence-electron chi connectivity index (χ2n) is 6.66. The molecule has 0 aliphatic rings. The van der Waals surface area contributed by atoms with Crippen molar-refractivity contribution in [1.29, 1.82) is 0 Å². The fraction of sp³-hybridized carbons (Fsp3) is 0.667. The van der Waals surface area contributed by atoms with Crippen LogP contribution in [0.5, 0.6) is 0 Å². The van der Waals surface area contributed by atoms with Gasteiger partial charge >= 0.3 is 0 Å². The summed E-state index contributed by atoms with van der Waals surface area (Å²) in [6.45, 7) is 8.70. The molecule has 0 fully saturated rings. The first kappa shape index (κ1) is 18.1. The molecule has 1 rings (SSSR count). The molecule has 1 aromatic rings. The average Bonchev–Trinajstić information content (AvgIpc) is 2.45. The molecule has 1 aromatic carbocycles. The van der Waals surface area contributed by atoms with Gasteiger partial charge in [0.15, 0.2) is 0 Å². The summed E-state index contributed by atoms with van der Waals surface area (Å²) in [4.78, 5) is 2.38. The highest BCUT2D eigenvalue weighted by Crippen LogP contribution is 2.13. The van der Waals surface area contributed by atoms with Gasteiger partial charge in [0.25, 0.3) is 0 Å². The Kier molecular flexibility index (Phi) is 7.94. The lowest BCUT2D eigenvalue weighted by atomic mass is 9.95. The number of likely N-dealkylation sites (N-methyl/N-ethyl adjacent to an activating group) is 1. The Labute approximate surface area is 130 Å². The Hall–Kier alpha value is -0.900. The van der Waals surface area contributed by atoms with Crippen molar-refractivity contribution in [1.82, 2.24) is 10.2 Å². The summed E-state index contributed by atoms with van der Waals surface area (Å²) in [5.41, 5.74) is 1.24. The molecule has 0 aromatic heterocycles. The van der Waals surface area contributed by atoms with Crippen molar-refractivity contribution in [3.05, 3.63) is 35.9 Å². The predicted molar refractivity (Wildman–Crippen MR) is 90.6 cm³/mol. The van der Waals surface area contributed by atoms with E-state index in [-0.39, 0.29) is 12.1 Å². The Bertz CT molecular complexity index is 380. The van der Waals surface area contributed by atoms with Crippen molar-refractivity contribution in [3.8, 4) is 0 Å². The molecule has 2 N–H and O–H groups in total. The molecular formula is C18H32N2O. The van der Waals surface area contributed by atoms with Crippen LogP contribution in [0.25, 0.3) is 0 Å². The maximum atomic E-state index is 9.58. The van der Waals surface area contributed by atoms with Gasteiger partial charge in [-0.25, -0.2) is 0 Å². The van der Waals surface area contributed by atoms with E-state index in [0.29, 0.717) is 6.04 Å². The number of rotatable bonds is 10. The lowest BCUT2D eigenvalue weighted by Gasteiger charge is -2.32. The van der Waals surface area contributed by atoms with Crippen molar-refractivity contribution < 1.29 is 5.11 Å². The second-order valence-corrected chi connectivity index (χ2v) is 6.66. The van der Waals surface area contributed by atoms with Crippen LogP contribution in [0.3, 0.4) is 0 Å². The molecule has 0 saturated carbocycles. The minimum absolute atomic E-state index is 0.158. The monoisotopic (exact) mass is 292 g/mol. The maximum Gasteiger partial charge on any atom is 0.0610 e. The number of hydrogen-bond donors (Lipinski definition) is 2. The summed E-state index contributed by atoms with van der Waals surface area (Å²) in [7, 11) is 2.18. The van der Waals surface area contributed by atoms with Gasteiger partial charge in [0, 0.05) is 18.1 Å². The second kappa shape index (κ2) is 9.19. The molecule has 120 valence electrons. The van der Waals surface area contributed by atoms with Crippen molar-refractivity contribution >= 4 is 0 Å². The van der Waals surface area contributed by atoms with Gasteiger partial charge in [-0.05, 0) is 45.3 Å². The Balaban J connectivity index is 2.24. The van der Waals surface area contributed by atoms with E-state index in [1.807, 2.05) is 0 Å². The van der Waals surface area contributed by atoms with Gasteiger partial charge in [-0.2, -0.15) is 0 Å². The number of nitrogens with one attached hydrogen (secondary N) is 1. The fourth-order valence-corrected chi connectivity index (χ4v) is 2.71. The van der Waals surface area contributed by atoms with Crippen molar-refractivity contribution in [2.24, 2.45) is 0 Å². The smallest absolute Gasteiger partial charge is 0.0610 e. The third kappa shape index (κ3) is 7.60. The minimum Gasteiger partial charge on any atom is -0.394 e. The van der Waals surface area contributed by atoms with Gasteiger partial charge < -0.3 is 15.3 Å². The third-order valence-corrected chi connectivity index (χ3v) is 3.88. The summed E-state index contributed by atoms with van der Waals surface area (Å²) in [6, 6.07) is 11.0. The molecule has 0 spiro atoms. The number of aliphatic hydroxyl groups is 1. The molecule has 0 aliphatic heterocycles. The molecule has 21 heavy (non-hydrogen) atoms. The highest BCUT2D eigenvalue weighted by molar-refractivity contribution is 5.14. The van der Waals surface area contributed by atoms with Crippen LogP contribution in [0.15, 0.2) is 30.3 Å². The highest BCUT2D eigenvalue weighted by atomic mass is 16.3.